The molecule has 0 amide bonds. The molecule has 1 N–H and O–H groups in total. The number of ether oxygens (including phenoxy) is 2. The van der Waals surface area contributed by atoms with E-state index in [0.29, 0.717) is 29.0 Å². The van der Waals surface area contributed by atoms with Gasteiger partial charge in [0.1, 0.15) is 17.4 Å². The number of nitriles is 1. The number of rotatable bonds is 5. The number of hydrogen-bond acceptors (Lipinski definition) is 4. The number of benzene rings is 1. The molecule has 1 unspecified atom stereocenters. The van der Waals surface area contributed by atoms with Gasteiger partial charge >= 0.3 is 0 Å². The summed E-state index contributed by atoms with van der Waals surface area (Å²) in [6, 6.07) is 7.93. The van der Waals surface area contributed by atoms with Crippen molar-refractivity contribution >= 4 is 0 Å². The van der Waals surface area contributed by atoms with Gasteiger partial charge in [0.25, 0.3) is 5.56 Å². The van der Waals surface area contributed by atoms with E-state index >= 15 is 0 Å². The van der Waals surface area contributed by atoms with E-state index in [0.717, 1.165) is 19.4 Å². The number of aromatic amines is 1. The summed E-state index contributed by atoms with van der Waals surface area (Å²) in [6.07, 6.45) is 2.06. The summed E-state index contributed by atoms with van der Waals surface area (Å²) in [4.78, 5) is 14.6. The number of pyridine rings is 1. The molecule has 0 saturated carbocycles. The Labute approximate surface area is 145 Å². The Morgan fingerprint density at radius 2 is 2.24 bits per heavy atom. The van der Waals surface area contributed by atoms with E-state index in [4.69, 9.17) is 9.47 Å². The van der Waals surface area contributed by atoms with Crippen molar-refractivity contribution in [2.24, 2.45) is 0 Å². The standard InChI is InChI=1S/C19H19FN2O3/c1-12-7-17(18(9-21)19(23)22-12)16-5-4-14(20)8-13(16)10-24-11-15-3-2-6-25-15/h4-5,7-8,15H,2-3,6,10-11H2,1H3,(H,22,23). The fourth-order valence-corrected chi connectivity index (χ4v) is 3.03. The number of aryl methyl sites for hydroxylation is 1. The molecule has 5 nitrogen and oxygen atoms in total. The zero-order valence-electron chi connectivity index (χ0n) is 14.0. The highest BCUT2D eigenvalue weighted by Crippen LogP contribution is 2.27. The lowest BCUT2D eigenvalue weighted by atomic mass is 9.96. The number of H-pyrrole nitrogens is 1. The Bertz CT molecular complexity index is 864. The van der Waals surface area contributed by atoms with Crippen molar-refractivity contribution < 1.29 is 13.9 Å². The third-order valence-electron chi connectivity index (χ3n) is 4.22. The highest BCUT2D eigenvalue weighted by Gasteiger charge is 2.17. The zero-order valence-corrected chi connectivity index (χ0v) is 14.0. The van der Waals surface area contributed by atoms with Gasteiger partial charge in [-0.1, -0.05) is 6.07 Å². The van der Waals surface area contributed by atoms with Gasteiger partial charge in [-0.05, 0) is 49.1 Å². The lowest BCUT2D eigenvalue weighted by Crippen LogP contribution is -2.15. The molecular formula is C19H19FN2O3. The SMILES string of the molecule is Cc1cc(-c2ccc(F)cc2COCC2CCCO2)c(C#N)c(=O)[nH]1. The predicted molar refractivity (Wildman–Crippen MR) is 90.5 cm³/mol. The van der Waals surface area contributed by atoms with Crippen LogP contribution in [0.1, 0.15) is 29.7 Å². The van der Waals surface area contributed by atoms with Crippen LogP contribution in [0.25, 0.3) is 11.1 Å². The van der Waals surface area contributed by atoms with Crippen LogP contribution in [0, 0.1) is 24.1 Å². The third kappa shape index (κ3) is 3.95. The fourth-order valence-electron chi connectivity index (χ4n) is 3.03. The first kappa shape index (κ1) is 17.3. The van der Waals surface area contributed by atoms with Crippen LogP contribution in [0.4, 0.5) is 4.39 Å². The molecule has 0 aliphatic carbocycles. The maximum atomic E-state index is 13.7. The second-order valence-electron chi connectivity index (χ2n) is 6.13. The van der Waals surface area contributed by atoms with Crippen molar-refractivity contribution in [3.8, 4) is 17.2 Å². The second kappa shape index (κ2) is 7.60. The molecule has 1 atom stereocenters. The molecule has 1 aromatic heterocycles. The molecule has 25 heavy (non-hydrogen) atoms. The normalized spacial score (nSPS) is 16.8. The van der Waals surface area contributed by atoms with Gasteiger partial charge in [-0.15, -0.1) is 0 Å². The van der Waals surface area contributed by atoms with E-state index in [1.165, 1.54) is 12.1 Å². The Morgan fingerprint density at radius 1 is 1.40 bits per heavy atom. The van der Waals surface area contributed by atoms with Crippen LogP contribution < -0.4 is 5.56 Å². The third-order valence-corrected chi connectivity index (χ3v) is 4.22. The molecule has 0 spiro atoms. The van der Waals surface area contributed by atoms with E-state index in [1.54, 1.807) is 19.1 Å². The highest BCUT2D eigenvalue weighted by molar-refractivity contribution is 5.73. The van der Waals surface area contributed by atoms with Crippen molar-refractivity contribution in [2.75, 3.05) is 13.2 Å². The number of hydrogen-bond donors (Lipinski definition) is 1. The second-order valence-corrected chi connectivity index (χ2v) is 6.13. The number of halogens is 1. The Morgan fingerprint density at radius 3 is 2.96 bits per heavy atom. The van der Waals surface area contributed by atoms with Gasteiger partial charge in [-0.3, -0.25) is 4.79 Å². The summed E-state index contributed by atoms with van der Waals surface area (Å²) >= 11 is 0. The summed E-state index contributed by atoms with van der Waals surface area (Å²) in [5.41, 5.74) is 1.90. The molecule has 1 aliphatic heterocycles. The molecule has 1 aliphatic rings. The van der Waals surface area contributed by atoms with Crippen LogP contribution in [0.15, 0.2) is 29.1 Å². The minimum atomic E-state index is -0.451. The lowest BCUT2D eigenvalue weighted by Gasteiger charge is -2.14. The van der Waals surface area contributed by atoms with Crippen LogP contribution >= 0.6 is 0 Å². The summed E-state index contributed by atoms with van der Waals surface area (Å²) in [6.45, 7) is 3.11. The highest BCUT2D eigenvalue weighted by atomic mass is 19.1. The summed E-state index contributed by atoms with van der Waals surface area (Å²) in [5, 5.41) is 9.32. The Kier molecular flexibility index (Phi) is 5.27. The van der Waals surface area contributed by atoms with Crippen LogP contribution in [0.2, 0.25) is 0 Å². The minimum absolute atomic E-state index is 0.0117. The first-order valence-corrected chi connectivity index (χ1v) is 8.20. The quantitative estimate of drug-likeness (QED) is 0.906. The molecule has 6 heteroatoms. The van der Waals surface area contributed by atoms with E-state index in [1.807, 2.05) is 6.07 Å². The van der Waals surface area contributed by atoms with Gasteiger partial charge in [0, 0.05) is 17.9 Å². The van der Waals surface area contributed by atoms with Gasteiger partial charge < -0.3 is 14.5 Å². The van der Waals surface area contributed by atoms with Crippen molar-refractivity contribution in [1.29, 1.82) is 5.26 Å². The van der Waals surface area contributed by atoms with Gasteiger partial charge in [-0.2, -0.15) is 5.26 Å². The monoisotopic (exact) mass is 342 g/mol. The van der Waals surface area contributed by atoms with Gasteiger partial charge in [-0.25, -0.2) is 4.39 Å². The molecule has 2 heterocycles. The predicted octanol–water partition coefficient (Wildman–Crippen LogP) is 3.06. The molecule has 3 rings (SSSR count). The topological polar surface area (TPSA) is 75.1 Å². The Hall–Kier alpha value is -2.49. The molecule has 0 bridgehead atoms. The molecule has 1 aromatic carbocycles. The van der Waals surface area contributed by atoms with Crippen molar-refractivity contribution in [2.45, 2.75) is 32.5 Å². The lowest BCUT2D eigenvalue weighted by molar-refractivity contribution is 0.0106. The maximum absolute atomic E-state index is 13.7. The summed E-state index contributed by atoms with van der Waals surface area (Å²) in [7, 11) is 0. The van der Waals surface area contributed by atoms with Gasteiger partial charge in [0.05, 0.1) is 19.3 Å². The molecule has 130 valence electrons. The molecule has 2 aromatic rings. The average Bonchev–Trinajstić information content (AvgIpc) is 3.08. The number of nitrogens with one attached hydrogen (secondary N) is 1. The van der Waals surface area contributed by atoms with E-state index in [9.17, 15) is 14.4 Å². The van der Waals surface area contributed by atoms with E-state index < -0.39 is 5.56 Å². The Balaban J connectivity index is 1.91. The van der Waals surface area contributed by atoms with Gasteiger partial charge in [0.15, 0.2) is 0 Å². The van der Waals surface area contributed by atoms with Gasteiger partial charge in [0.2, 0.25) is 0 Å². The fraction of sp³-hybridized carbons (Fsp3) is 0.368. The van der Waals surface area contributed by atoms with Crippen LogP contribution in [-0.4, -0.2) is 24.3 Å². The first-order valence-electron chi connectivity index (χ1n) is 8.20. The van der Waals surface area contributed by atoms with Crippen LogP contribution in [0.5, 0.6) is 0 Å². The number of aromatic nitrogens is 1. The zero-order chi connectivity index (χ0) is 17.8. The van der Waals surface area contributed by atoms with Crippen molar-refractivity contribution in [3.05, 3.63) is 57.3 Å². The van der Waals surface area contributed by atoms with Crippen molar-refractivity contribution in [3.63, 3.8) is 0 Å². The minimum Gasteiger partial charge on any atom is -0.376 e. The van der Waals surface area contributed by atoms with E-state index in [-0.39, 0.29) is 24.1 Å². The average molecular weight is 342 g/mol. The largest absolute Gasteiger partial charge is 0.376 e. The number of nitrogens with zero attached hydrogens (tertiary/aromatic N) is 1. The molecular weight excluding hydrogens is 323 g/mol. The molecule has 1 fully saturated rings. The molecule has 0 radical (unpaired) electrons. The van der Waals surface area contributed by atoms with Crippen molar-refractivity contribution in [1.82, 2.24) is 4.98 Å². The molecule has 1 saturated heterocycles. The van der Waals surface area contributed by atoms with Crippen LogP contribution in [-0.2, 0) is 16.1 Å². The van der Waals surface area contributed by atoms with E-state index in [2.05, 4.69) is 4.98 Å². The van der Waals surface area contributed by atoms with Crippen LogP contribution in [0.3, 0.4) is 0 Å². The maximum Gasteiger partial charge on any atom is 0.266 e. The summed E-state index contributed by atoms with van der Waals surface area (Å²) < 4.78 is 24.9. The smallest absolute Gasteiger partial charge is 0.266 e. The first-order chi connectivity index (χ1) is 12.1. The summed E-state index contributed by atoms with van der Waals surface area (Å²) in [5.74, 6) is -0.389.